The predicted molar refractivity (Wildman–Crippen MR) is 53.9 cm³/mol. The van der Waals surface area contributed by atoms with E-state index in [9.17, 15) is 9.18 Å². The van der Waals surface area contributed by atoms with E-state index in [0.29, 0.717) is 5.56 Å². The van der Waals surface area contributed by atoms with E-state index in [-0.39, 0.29) is 17.4 Å². The number of carboxylic acid groups (broad SMARTS) is 1. The Morgan fingerprint density at radius 1 is 1.47 bits per heavy atom. The van der Waals surface area contributed by atoms with Crippen LogP contribution in [0.2, 0.25) is 0 Å². The van der Waals surface area contributed by atoms with Gasteiger partial charge >= 0.3 is 5.97 Å². The highest BCUT2D eigenvalue weighted by atomic mass is 19.1. The molecule has 4 heteroatoms. The summed E-state index contributed by atoms with van der Waals surface area (Å²) >= 11 is 0. The molecule has 3 nitrogen and oxygen atoms in total. The Kier molecular flexibility index (Phi) is 3.29. The van der Waals surface area contributed by atoms with Crippen LogP contribution in [0.4, 0.5) is 4.39 Å². The number of hydrogen-bond donors (Lipinski definition) is 1. The molecule has 0 aliphatic heterocycles. The van der Waals surface area contributed by atoms with Gasteiger partial charge in [-0.15, -0.1) is 0 Å². The lowest BCUT2D eigenvalue weighted by atomic mass is 10.1. The Bertz CT molecular complexity index is 386. The van der Waals surface area contributed by atoms with Gasteiger partial charge < -0.3 is 9.84 Å². The maximum Gasteiger partial charge on any atom is 0.339 e. The van der Waals surface area contributed by atoms with Crippen LogP contribution in [0, 0.1) is 12.7 Å². The molecule has 0 atom stereocenters. The molecule has 0 radical (unpaired) electrons. The van der Waals surface area contributed by atoms with Crippen molar-refractivity contribution in [2.24, 2.45) is 0 Å². The van der Waals surface area contributed by atoms with Crippen molar-refractivity contribution >= 4 is 5.97 Å². The standard InChI is InChI=1S/C11H13FO3/c1-6(2)15-10-4-7(3)9(12)5-8(10)11(13)14/h4-6H,1-3H3,(H,13,14). The number of benzene rings is 1. The zero-order valence-electron chi connectivity index (χ0n) is 8.87. The third-order valence-corrected chi connectivity index (χ3v) is 1.85. The second-order valence-corrected chi connectivity index (χ2v) is 3.57. The highest BCUT2D eigenvalue weighted by molar-refractivity contribution is 5.91. The summed E-state index contributed by atoms with van der Waals surface area (Å²) in [4.78, 5) is 10.8. The molecular weight excluding hydrogens is 199 g/mol. The molecule has 0 spiro atoms. The highest BCUT2D eigenvalue weighted by Gasteiger charge is 2.15. The molecule has 0 amide bonds. The summed E-state index contributed by atoms with van der Waals surface area (Å²) in [5.74, 6) is -1.52. The molecule has 15 heavy (non-hydrogen) atoms. The number of aromatic carboxylic acids is 1. The minimum atomic E-state index is -1.19. The van der Waals surface area contributed by atoms with Gasteiger partial charge in [0.05, 0.1) is 6.10 Å². The van der Waals surface area contributed by atoms with Crippen molar-refractivity contribution in [2.75, 3.05) is 0 Å². The normalized spacial score (nSPS) is 10.5. The average Bonchev–Trinajstić information content (AvgIpc) is 2.09. The average molecular weight is 212 g/mol. The third-order valence-electron chi connectivity index (χ3n) is 1.85. The molecule has 0 aliphatic rings. The predicted octanol–water partition coefficient (Wildman–Crippen LogP) is 2.62. The highest BCUT2D eigenvalue weighted by Crippen LogP contribution is 2.23. The van der Waals surface area contributed by atoms with Crippen LogP contribution in [0.5, 0.6) is 5.75 Å². The number of ether oxygens (including phenoxy) is 1. The van der Waals surface area contributed by atoms with Crippen LogP contribution < -0.4 is 4.74 Å². The molecule has 0 heterocycles. The van der Waals surface area contributed by atoms with Gasteiger partial charge in [0, 0.05) is 0 Å². The molecule has 1 rings (SSSR count). The van der Waals surface area contributed by atoms with Gasteiger partial charge in [-0.1, -0.05) is 0 Å². The molecular formula is C11H13FO3. The Balaban J connectivity index is 3.22. The first-order valence-electron chi connectivity index (χ1n) is 4.62. The van der Waals surface area contributed by atoms with Crippen molar-refractivity contribution in [1.82, 2.24) is 0 Å². The Morgan fingerprint density at radius 2 is 2.07 bits per heavy atom. The van der Waals surface area contributed by atoms with Crippen molar-refractivity contribution in [2.45, 2.75) is 26.9 Å². The van der Waals surface area contributed by atoms with Crippen LogP contribution in [-0.4, -0.2) is 17.2 Å². The smallest absolute Gasteiger partial charge is 0.339 e. The number of aryl methyl sites for hydroxylation is 1. The van der Waals surface area contributed by atoms with E-state index in [1.54, 1.807) is 20.8 Å². The molecule has 0 unspecified atom stereocenters. The number of carboxylic acids is 1. The lowest BCUT2D eigenvalue weighted by Crippen LogP contribution is -2.10. The molecule has 0 aliphatic carbocycles. The molecule has 0 saturated heterocycles. The zero-order chi connectivity index (χ0) is 11.6. The Labute approximate surface area is 87.5 Å². The fraction of sp³-hybridized carbons (Fsp3) is 0.364. The van der Waals surface area contributed by atoms with Crippen molar-refractivity contribution in [3.05, 3.63) is 29.1 Å². The minimum Gasteiger partial charge on any atom is -0.490 e. The summed E-state index contributed by atoms with van der Waals surface area (Å²) in [6, 6.07) is 2.38. The second kappa shape index (κ2) is 4.29. The number of hydrogen-bond acceptors (Lipinski definition) is 2. The van der Waals surface area contributed by atoms with Crippen LogP contribution in [0.3, 0.4) is 0 Å². The summed E-state index contributed by atoms with van der Waals surface area (Å²) < 4.78 is 18.4. The summed E-state index contributed by atoms with van der Waals surface area (Å²) in [5, 5.41) is 8.85. The molecule has 82 valence electrons. The van der Waals surface area contributed by atoms with Crippen molar-refractivity contribution in [3.8, 4) is 5.75 Å². The topological polar surface area (TPSA) is 46.5 Å². The van der Waals surface area contributed by atoms with Gasteiger partial charge in [-0.2, -0.15) is 0 Å². The van der Waals surface area contributed by atoms with Crippen molar-refractivity contribution in [1.29, 1.82) is 0 Å². The van der Waals surface area contributed by atoms with E-state index in [0.717, 1.165) is 6.07 Å². The summed E-state index contributed by atoms with van der Waals surface area (Å²) in [6.45, 7) is 5.13. The van der Waals surface area contributed by atoms with Crippen LogP contribution in [0.25, 0.3) is 0 Å². The van der Waals surface area contributed by atoms with Crippen LogP contribution >= 0.6 is 0 Å². The van der Waals surface area contributed by atoms with E-state index >= 15 is 0 Å². The molecule has 1 aromatic rings. The quantitative estimate of drug-likeness (QED) is 0.837. The summed E-state index contributed by atoms with van der Waals surface area (Å²) in [7, 11) is 0. The largest absolute Gasteiger partial charge is 0.490 e. The Hall–Kier alpha value is -1.58. The van der Waals surface area contributed by atoms with Gasteiger partial charge in [0.15, 0.2) is 0 Å². The lowest BCUT2D eigenvalue weighted by Gasteiger charge is -2.13. The van der Waals surface area contributed by atoms with E-state index < -0.39 is 11.8 Å². The third kappa shape index (κ3) is 2.68. The second-order valence-electron chi connectivity index (χ2n) is 3.57. The van der Waals surface area contributed by atoms with Gasteiger partial charge in [-0.05, 0) is 38.5 Å². The summed E-state index contributed by atoms with van der Waals surface area (Å²) in [5.41, 5.74) is 0.224. The number of rotatable bonds is 3. The van der Waals surface area contributed by atoms with Gasteiger partial charge in [-0.3, -0.25) is 0 Å². The maximum atomic E-state index is 13.1. The van der Waals surface area contributed by atoms with Crippen molar-refractivity contribution in [3.63, 3.8) is 0 Å². The Morgan fingerprint density at radius 3 is 2.53 bits per heavy atom. The first-order chi connectivity index (χ1) is 6.91. The van der Waals surface area contributed by atoms with Gasteiger partial charge in [-0.25, -0.2) is 9.18 Å². The van der Waals surface area contributed by atoms with Crippen LogP contribution in [-0.2, 0) is 0 Å². The molecule has 0 bridgehead atoms. The monoisotopic (exact) mass is 212 g/mol. The molecule has 0 aromatic heterocycles. The minimum absolute atomic E-state index is 0.145. The van der Waals surface area contributed by atoms with Crippen molar-refractivity contribution < 1.29 is 19.0 Å². The van der Waals surface area contributed by atoms with Crippen LogP contribution in [0.1, 0.15) is 29.8 Å². The van der Waals surface area contributed by atoms with E-state index in [2.05, 4.69) is 0 Å². The van der Waals surface area contributed by atoms with E-state index in [1.807, 2.05) is 0 Å². The van der Waals surface area contributed by atoms with E-state index in [4.69, 9.17) is 9.84 Å². The fourth-order valence-electron chi connectivity index (χ4n) is 1.17. The molecule has 0 fully saturated rings. The number of halogens is 1. The number of carbonyl (C=O) groups is 1. The zero-order valence-corrected chi connectivity index (χ0v) is 8.87. The van der Waals surface area contributed by atoms with Gasteiger partial charge in [0.1, 0.15) is 17.1 Å². The maximum absolute atomic E-state index is 13.1. The first kappa shape index (κ1) is 11.5. The first-order valence-corrected chi connectivity index (χ1v) is 4.62. The lowest BCUT2D eigenvalue weighted by molar-refractivity contribution is 0.0690. The fourth-order valence-corrected chi connectivity index (χ4v) is 1.17. The summed E-state index contributed by atoms with van der Waals surface area (Å²) in [6.07, 6.45) is -0.145. The van der Waals surface area contributed by atoms with Crippen LogP contribution in [0.15, 0.2) is 12.1 Å². The van der Waals surface area contributed by atoms with E-state index in [1.165, 1.54) is 6.07 Å². The molecule has 0 saturated carbocycles. The van der Waals surface area contributed by atoms with Gasteiger partial charge in [0.25, 0.3) is 0 Å². The van der Waals surface area contributed by atoms with Gasteiger partial charge in [0.2, 0.25) is 0 Å². The molecule has 1 N–H and O–H groups in total. The SMILES string of the molecule is Cc1cc(OC(C)C)c(C(=O)O)cc1F. The molecule has 1 aromatic carbocycles.